The molecule has 120 valence electrons. The van der Waals surface area contributed by atoms with Crippen molar-refractivity contribution in [3.8, 4) is 17.3 Å². The van der Waals surface area contributed by atoms with Crippen molar-refractivity contribution in [1.29, 1.82) is 5.26 Å². The van der Waals surface area contributed by atoms with Crippen LogP contribution < -0.4 is 15.5 Å². The molecule has 0 aliphatic carbocycles. The number of benzene rings is 1. The molecule has 1 spiro atoms. The lowest BCUT2D eigenvalue weighted by Gasteiger charge is -2.37. The Hall–Kier alpha value is -2.98. The summed E-state index contributed by atoms with van der Waals surface area (Å²) in [5, 5.41) is 15.8. The standard InChI is InChI=1S/C17H14FN5O/c18-13-3-1-2-11(6-13)12-7-14-15(21-8-12)22-17(4-5-20-9-17)16(24)23(14)10-19/h1-3,6-8,20H,4-5,9H2,(H,21,22). The minimum Gasteiger partial charge on any atom is -0.353 e. The van der Waals surface area contributed by atoms with E-state index in [-0.39, 0.29) is 11.7 Å². The number of hydrogen-bond acceptors (Lipinski definition) is 5. The van der Waals surface area contributed by atoms with Gasteiger partial charge in [-0.2, -0.15) is 5.26 Å². The molecule has 1 aromatic heterocycles. The molecule has 1 fully saturated rings. The van der Waals surface area contributed by atoms with Crippen LogP contribution in [0.2, 0.25) is 0 Å². The molecule has 24 heavy (non-hydrogen) atoms. The zero-order chi connectivity index (χ0) is 16.7. The van der Waals surface area contributed by atoms with Gasteiger partial charge in [-0.3, -0.25) is 4.79 Å². The van der Waals surface area contributed by atoms with Crippen LogP contribution in [0, 0.1) is 17.3 Å². The second-order valence-electron chi connectivity index (χ2n) is 5.98. The van der Waals surface area contributed by atoms with Gasteiger partial charge in [-0.05, 0) is 36.7 Å². The summed E-state index contributed by atoms with van der Waals surface area (Å²) in [6.45, 7) is 1.16. The largest absolute Gasteiger partial charge is 0.353 e. The molecule has 1 unspecified atom stereocenters. The summed E-state index contributed by atoms with van der Waals surface area (Å²) in [6, 6.07) is 7.79. The van der Waals surface area contributed by atoms with Gasteiger partial charge in [-0.15, -0.1) is 0 Å². The van der Waals surface area contributed by atoms with Gasteiger partial charge in [-0.1, -0.05) is 12.1 Å². The second-order valence-corrected chi connectivity index (χ2v) is 5.98. The highest BCUT2D eigenvalue weighted by molar-refractivity contribution is 6.10. The van der Waals surface area contributed by atoms with Crippen molar-refractivity contribution in [1.82, 2.24) is 10.3 Å². The van der Waals surface area contributed by atoms with E-state index in [2.05, 4.69) is 15.6 Å². The number of aromatic nitrogens is 1. The van der Waals surface area contributed by atoms with E-state index in [0.717, 1.165) is 4.90 Å². The number of fused-ring (bicyclic) bond motifs is 1. The third-order valence-electron chi connectivity index (χ3n) is 4.49. The van der Waals surface area contributed by atoms with E-state index in [1.807, 2.05) is 6.19 Å². The predicted molar refractivity (Wildman–Crippen MR) is 86.6 cm³/mol. The highest BCUT2D eigenvalue weighted by atomic mass is 19.1. The van der Waals surface area contributed by atoms with Crippen molar-refractivity contribution in [3.63, 3.8) is 0 Å². The Bertz CT molecular complexity index is 870. The Labute approximate surface area is 137 Å². The molecule has 7 heteroatoms. The van der Waals surface area contributed by atoms with Gasteiger partial charge in [0.05, 0.1) is 0 Å². The number of hydrogen-bond donors (Lipinski definition) is 2. The fraction of sp³-hybridized carbons (Fsp3) is 0.235. The van der Waals surface area contributed by atoms with E-state index in [0.29, 0.717) is 42.1 Å². The van der Waals surface area contributed by atoms with Crippen molar-refractivity contribution >= 4 is 17.4 Å². The molecule has 1 atom stereocenters. The van der Waals surface area contributed by atoms with E-state index < -0.39 is 5.54 Å². The van der Waals surface area contributed by atoms with Crippen molar-refractivity contribution in [3.05, 3.63) is 42.3 Å². The summed E-state index contributed by atoms with van der Waals surface area (Å²) in [5.74, 6) is -0.159. The number of nitriles is 1. The number of carbonyl (C=O) groups is 1. The zero-order valence-corrected chi connectivity index (χ0v) is 12.7. The number of nitrogens with one attached hydrogen (secondary N) is 2. The molecule has 1 saturated heterocycles. The zero-order valence-electron chi connectivity index (χ0n) is 12.7. The fourth-order valence-corrected chi connectivity index (χ4v) is 3.23. The summed E-state index contributed by atoms with van der Waals surface area (Å²) in [6.07, 6.45) is 4.16. The molecule has 0 radical (unpaired) electrons. The minimum atomic E-state index is -0.823. The lowest BCUT2D eigenvalue weighted by molar-refractivity contribution is -0.121. The van der Waals surface area contributed by atoms with Crippen LogP contribution in [-0.4, -0.2) is 29.5 Å². The average Bonchev–Trinajstić information content (AvgIpc) is 3.05. The molecular formula is C17H14FN5O. The van der Waals surface area contributed by atoms with Crippen LogP contribution in [0.25, 0.3) is 11.1 Å². The molecule has 1 amide bonds. The molecule has 0 saturated carbocycles. The topological polar surface area (TPSA) is 81.0 Å². The van der Waals surface area contributed by atoms with Gasteiger partial charge in [0.25, 0.3) is 5.91 Å². The van der Waals surface area contributed by atoms with Crippen LogP contribution in [0.1, 0.15) is 6.42 Å². The van der Waals surface area contributed by atoms with Crippen molar-refractivity contribution < 1.29 is 9.18 Å². The molecule has 2 N–H and O–H groups in total. The van der Waals surface area contributed by atoms with Gasteiger partial charge in [0.1, 0.15) is 17.0 Å². The molecule has 3 heterocycles. The first-order valence-corrected chi connectivity index (χ1v) is 7.62. The Balaban J connectivity index is 1.81. The maximum absolute atomic E-state index is 13.4. The van der Waals surface area contributed by atoms with Gasteiger partial charge in [-0.25, -0.2) is 14.3 Å². The van der Waals surface area contributed by atoms with Gasteiger partial charge in [0.2, 0.25) is 0 Å². The molecule has 2 aromatic rings. The maximum atomic E-state index is 13.4. The average molecular weight is 323 g/mol. The normalized spacial score (nSPS) is 22.2. The Morgan fingerprint density at radius 1 is 1.33 bits per heavy atom. The van der Waals surface area contributed by atoms with Crippen LogP contribution in [0.5, 0.6) is 0 Å². The first-order valence-electron chi connectivity index (χ1n) is 7.62. The smallest absolute Gasteiger partial charge is 0.267 e. The highest BCUT2D eigenvalue weighted by Crippen LogP contribution is 2.38. The van der Waals surface area contributed by atoms with Crippen molar-refractivity contribution in [2.24, 2.45) is 0 Å². The third-order valence-corrected chi connectivity index (χ3v) is 4.49. The number of amides is 1. The van der Waals surface area contributed by atoms with Crippen LogP contribution in [0.4, 0.5) is 15.9 Å². The Morgan fingerprint density at radius 3 is 2.92 bits per heavy atom. The highest BCUT2D eigenvalue weighted by Gasteiger charge is 2.48. The third kappa shape index (κ3) is 2.12. The lowest BCUT2D eigenvalue weighted by Crippen LogP contribution is -2.57. The Morgan fingerprint density at radius 2 is 2.21 bits per heavy atom. The van der Waals surface area contributed by atoms with Crippen LogP contribution in [-0.2, 0) is 4.79 Å². The minimum absolute atomic E-state index is 0.291. The molecule has 0 bridgehead atoms. The fourth-order valence-electron chi connectivity index (χ4n) is 3.23. The number of rotatable bonds is 1. The summed E-state index contributed by atoms with van der Waals surface area (Å²) in [7, 11) is 0. The molecule has 2 aliphatic heterocycles. The first-order chi connectivity index (χ1) is 11.6. The van der Waals surface area contributed by atoms with E-state index in [9.17, 15) is 14.4 Å². The number of carbonyl (C=O) groups excluding carboxylic acids is 1. The first kappa shape index (κ1) is 14.6. The summed E-state index contributed by atoms with van der Waals surface area (Å²) < 4.78 is 13.4. The number of anilines is 2. The lowest BCUT2D eigenvalue weighted by atomic mass is 9.93. The predicted octanol–water partition coefficient (Wildman–Crippen LogP) is 1.86. The van der Waals surface area contributed by atoms with Crippen LogP contribution in [0.15, 0.2) is 36.5 Å². The second kappa shape index (κ2) is 5.28. The summed E-state index contributed by atoms with van der Waals surface area (Å²) in [5.41, 5.74) is 0.847. The van der Waals surface area contributed by atoms with E-state index in [1.165, 1.54) is 12.1 Å². The van der Waals surface area contributed by atoms with Crippen molar-refractivity contribution in [2.75, 3.05) is 23.3 Å². The molecule has 4 rings (SSSR count). The van der Waals surface area contributed by atoms with Gasteiger partial charge in [0, 0.05) is 18.3 Å². The molecule has 2 aliphatic rings. The van der Waals surface area contributed by atoms with Gasteiger partial charge in [0.15, 0.2) is 12.0 Å². The number of pyridine rings is 1. The van der Waals surface area contributed by atoms with Gasteiger partial charge < -0.3 is 10.6 Å². The van der Waals surface area contributed by atoms with E-state index in [1.54, 1.807) is 24.4 Å². The van der Waals surface area contributed by atoms with Gasteiger partial charge >= 0.3 is 0 Å². The quantitative estimate of drug-likeness (QED) is 0.783. The summed E-state index contributed by atoms with van der Waals surface area (Å²) >= 11 is 0. The monoisotopic (exact) mass is 323 g/mol. The van der Waals surface area contributed by atoms with Crippen LogP contribution in [0.3, 0.4) is 0 Å². The summed E-state index contributed by atoms with van der Waals surface area (Å²) in [4.78, 5) is 18.2. The Kier molecular flexibility index (Phi) is 3.22. The van der Waals surface area contributed by atoms with E-state index >= 15 is 0 Å². The SMILES string of the molecule is N#CN1C(=O)C2(CCNC2)Nc2ncc(-c3cccc(F)c3)cc21. The van der Waals surface area contributed by atoms with E-state index in [4.69, 9.17) is 0 Å². The molecule has 6 nitrogen and oxygen atoms in total. The van der Waals surface area contributed by atoms with Crippen molar-refractivity contribution in [2.45, 2.75) is 12.0 Å². The number of halogens is 1. The molecular weight excluding hydrogens is 309 g/mol. The molecule has 1 aromatic carbocycles. The maximum Gasteiger partial charge on any atom is 0.267 e. The number of nitrogens with zero attached hydrogens (tertiary/aromatic N) is 3. The van der Waals surface area contributed by atoms with Crippen LogP contribution >= 0.6 is 0 Å².